The van der Waals surface area contributed by atoms with Gasteiger partial charge in [-0.25, -0.2) is 0 Å². The summed E-state index contributed by atoms with van der Waals surface area (Å²) in [5.41, 5.74) is 0.802. The summed E-state index contributed by atoms with van der Waals surface area (Å²) in [7, 11) is 0. The first-order chi connectivity index (χ1) is 8.31. The van der Waals surface area contributed by atoms with Crippen LogP contribution in [0.4, 0.5) is 0 Å². The molecule has 0 radical (unpaired) electrons. The van der Waals surface area contributed by atoms with Crippen molar-refractivity contribution in [3.8, 4) is 5.75 Å². The molecule has 0 atom stereocenters. The van der Waals surface area contributed by atoms with E-state index >= 15 is 0 Å². The maximum absolute atomic E-state index is 11.9. The fourth-order valence-electron chi connectivity index (χ4n) is 1.25. The van der Waals surface area contributed by atoms with Crippen molar-refractivity contribution in [3.05, 3.63) is 35.9 Å². The van der Waals surface area contributed by atoms with Gasteiger partial charge in [-0.05, 0) is 12.5 Å². The van der Waals surface area contributed by atoms with Crippen molar-refractivity contribution < 1.29 is 9.53 Å². The third-order valence-corrected chi connectivity index (χ3v) is 2.52. The summed E-state index contributed by atoms with van der Waals surface area (Å²) < 4.78 is 13.1. The van der Waals surface area contributed by atoms with Crippen molar-refractivity contribution in [2.24, 2.45) is 0 Å². The van der Waals surface area contributed by atoms with Crippen LogP contribution >= 0.6 is 11.7 Å². The van der Waals surface area contributed by atoms with Gasteiger partial charge in [0, 0.05) is 11.8 Å². The van der Waals surface area contributed by atoms with Gasteiger partial charge in [0.05, 0.1) is 30.7 Å². The van der Waals surface area contributed by atoms with E-state index in [2.05, 4.69) is 13.7 Å². The lowest BCUT2D eigenvalue weighted by atomic mass is 10.1. The van der Waals surface area contributed by atoms with Gasteiger partial charge in [0.25, 0.3) is 0 Å². The molecule has 0 bridgehead atoms. The fourth-order valence-corrected chi connectivity index (χ4v) is 1.67. The number of carbonyl (C=O) groups excluding carboxylic acids is 1. The molecule has 17 heavy (non-hydrogen) atoms. The first-order valence-corrected chi connectivity index (χ1v) is 5.94. The van der Waals surface area contributed by atoms with Crippen molar-refractivity contribution in [1.29, 1.82) is 0 Å². The Balaban J connectivity index is 2.18. The molecule has 0 aliphatic heterocycles. The van der Waals surface area contributed by atoms with E-state index in [1.54, 1.807) is 12.3 Å². The van der Waals surface area contributed by atoms with E-state index in [9.17, 15) is 4.79 Å². The SMILES string of the molecule is CCCOc1cncc(C(=O)c2cnsn2)c1. The maximum Gasteiger partial charge on any atom is 0.215 e. The zero-order chi connectivity index (χ0) is 12.1. The predicted molar refractivity (Wildman–Crippen MR) is 63.4 cm³/mol. The molecule has 0 fully saturated rings. The molecule has 0 amide bonds. The van der Waals surface area contributed by atoms with Crippen LogP contribution in [0, 0.1) is 0 Å². The number of hydrogen-bond donors (Lipinski definition) is 0. The third-order valence-electron chi connectivity index (χ3n) is 2.04. The van der Waals surface area contributed by atoms with Crippen molar-refractivity contribution in [1.82, 2.24) is 13.7 Å². The van der Waals surface area contributed by atoms with Crippen molar-refractivity contribution in [3.63, 3.8) is 0 Å². The topological polar surface area (TPSA) is 65.0 Å². The lowest BCUT2D eigenvalue weighted by Gasteiger charge is -2.04. The highest BCUT2D eigenvalue weighted by atomic mass is 32.1. The average molecular weight is 249 g/mol. The number of hydrogen-bond acceptors (Lipinski definition) is 6. The fraction of sp³-hybridized carbons (Fsp3) is 0.273. The van der Waals surface area contributed by atoms with E-state index in [1.165, 1.54) is 12.4 Å². The van der Waals surface area contributed by atoms with E-state index in [0.29, 0.717) is 23.6 Å². The number of pyridine rings is 1. The second kappa shape index (κ2) is 5.49. The third kappa shape index (κ3) is 2.85. The van der Waals surface area contributed by atoms with Crippen LogP contribution in [-0.4, -0.2) is 26.1 Å². The van der Waals surface area contributed by atoms with Gasteiger partial charge in [-0.2, -0.15) is 8.75 Å². The molecule has 2 aromatic heterocycles. The van der Waals surface area contributed by atoms with Crippen molar-refractivity contribution in [2.45, 2.75) is 13.3 Å². The van der Waals surface area contributed by atoms with Crippen LogP contribution in [0.1, 0.15) is 29.4 Å². The Hall–Kier alpha value is -1.82. The highest BCUT2D eigenvalue weighted by Gasteiger charge is 2.13. The molecule has 0 saturated carbocycles. The van der Waals surface area contributed by atoms with Gasteiger partial charge >= 0.3 is 0 Å². The predicted octanol–water partition coefficient (Wildman–Crippen LogP) is 1.95. The standard InChI is InChI=1S/C11H11N3O2S/c1-2-3-16-9-4-8(5-12-6-9)11(15)10-7-13-17-14-10/h4-7H,2-3H2,1H3. The number of aromatic nitrogens is 3. The molecule has 0 saturated heterocycles. The van der Waals surface area contributed by atoms with Crippen LogP contribution in [0.15, 0.2) is 24.7 Å². The molecule has 5 nitrogen and oxygen atoms in total. The van der Waals surface area contributed by atoms with Crippen LogP contribution < -0.4 is 4.74 Å². The Morgan fingerprint density at radius 3 is 3.00 bits per heavy atom. The van der Waals surface area contributed by atoms with Gasteiger partial charge in [-0.3, -0.25) is 9.78 Å². The van der Waals surface area contributed by atoms with E-state index in [4.69, 9.17) is 4.74 Å². The smallest absolute Gasteiger partial charge is 0.215 e. The average Bonchev–Trinajstić information content (AvgIpc) is 2.89. The Bertz CT molecular complexity index is 499. The lowest BCUT2D eigenvalue weighted by molar-refractivity contribution is 0.103. The first-order valence-electron chi connectivity index (χ1n) is 5.21. The number of rotatable bonds is 5. The van der Waals surface area contributed by atoms with Gasteiger partial charge in [0.2, 0.25) is 5.78 Å². The summed E-state index contributed by atoms with van der Waals surface area (Å²) in [6.07, 6.45) is 5.45. The van der Waals surface area contributed by atoms with E-state index < -0.39 is 0 Å². The number of ether oxygens (including phenoxy) is 1. The molecule has 0 N–H and O–H groups in total. The molecule has 2 heterocycles. The largest absolute Gasteiger partial charge is 0.492 e. The quantitative estimate of drug-likeness (QED) is 0.758. The molecule has 2 aromatic rings. The minimum Gasteiger partial charge on any atom is -0.492 e. The molecule has 0 aliphatic carbocycles. The highest BCUT2D eigenvalue weighted by molar-refractivity contribution is 6.99. The summed E-state index contributed by atoms with van der Waals surface area (Å²) in [5.74, 6) is 0.411. The normalized spacial score (nSPS) is 10.2. The van der Waals surface area contributed by atoms with E-state index in [1.807, 2.05) is 6.92 Å². The Kier molecular flexibility index (Phi) is 3.77. The van der Waals surface area contributed by atoms with Gasteiger partial charge in [-0.1, -0.05) is 6.92 Å². The molecular formula is C11H11N3O2S. The summed E-state index contributed by atoms with van der Waals surface area (Å²) in [6.45, 7) is 2.63. The molecular weight excluding hydrogens is 238 g/mol. The molecule has 88 valence electrons. The maximum atomic E-state index is 11.9. The molecule has 0 spiro atoms. The summed E-state index contributed by atoms with van der Waals surface area (Å²) in [6, 6.07) is 1.67. The van der Waals surface area contributed by atoms with Crippen LogP contribution in [0.5, 0.6) is 5.75 Å². The summed E-state index contributed by atoms with van der Waals surface area (Å²) >= 11 is 1.01. The summed E-state index contributed by atoms with van der Waals surface area (Å²) in [5, 5.41) is 0. The molecule has 0 aromatic carbocycles. The number of ketones is 1. The lowest BCUT2D eigenvalue weighted by Crippen LogP contribution is -2.03. The van der Waals surface area contributed by atoms with Crippen LogP contribution in [0.2, 0.25) is 0 Å². The molecule has 0 aliphatic rings. The van der Waals surface area contributed by atoms with Gasteiger partial charge in [0.15, 0.2) is 0 Å². The zero-order valence-corrected chi connectivity index (χ0v) is 10.1. The van der Waals surface area contributed by atoms with Crippen LogP contribution in [0.25, 0.3) is 0 Å². The van der Waals surface area contributed by atoms with Crippen molar-refractivity contribution >= 4 is 17.5 Å². The first kappa shape index (κ1) is 11.7. The molecule has 6 heteroatoms. The Morgan fingerprint density at radius 1 is 1.41 bits per heavy atom. The minimum atomic E-state index is -0.187. The van der Waals surface area contributed by atoms with Gasteiger partial charge < -0.3 is 4.74 Å². The number of nitrogens with zero attached hydrogens (tertiary/aromatic N) is 3. The van der Waals surface area contributed by atoms with Crippen LogP contribution in [0.3, 0.4) is 0 Å². The number of carbonyl (C=O) groups is 1. The van der Waals surface area contributed by atoms with Gasteiger partial charge in [0.1, 0.15) is 11.4 Å². The van der Waals surface area contributed by atoms with E-state index in [-0.39, 0.29) is 5.78 Å². The highest BCUT2D eigenvalue weighted by Crippen LogP contribution is 2.14. The van der Waals surface area contributed by atoms with Crippen molar-refractivity contribution in [2.75, 3.05) is 6.61 Å². The van der Waals surface area contributed by atoms with E-state index in [0.717, 1.165) is 18.1 Å². The monoisotopic (exact) mass is 249 g/mol. The zero-order valence-electron chi connectivity index (χ0n) is 9.29. The Morgan fingerprint density at radius 2 is 2.29 bits per heavy atom. The minimum absolute atomic E-state index is 0.187. The second-order valence-corrected chi connectivity index (χ2v) is 3.94. The van der Waals surface area contributed by atoms with Gasteiger partial charge in [-0.15, -0.1) is 0 Å². The summed E-state index contributed by atoms with van der Waals surface area (Å²) in [4.78, 5) is 15.9. The molecule has 2 rings (SSSR count). The van der Waals surface area contributed by atoms with Crippen LogP contribution in [-0.2, 0) is 0 Å². The Labute approximate surface area is 103 Å². The second-order valence-electron chi connectivity index (χ2n) is 3.38. The molecule has 0 unspecified atom stereocenters.